The third-order valence-corrected chi connectivity index (χ3v) is 4.20. The molecule has 3 nitrogen and oxygen atoms in total. The van der Waals surface area contributed by atoms with Crippen molar-refractivity contribution < 1.29 is 4.39 Å². The van der Waals surface area contributed by atoms with Gasteiger partial charge < -0.3 is 4.90 Å². The number of nitrogens with two attached hydrogens (primary N) is 1. The fraction of sp³-hybridized carbons (Fsp3) is 0.250. The molecule has 0 spiro atoms. The second-order valence-corrected chi connectivity index (χ2v) is 6.00. The molecule has 0 amide bonds. The lowest BCUT2D eigenvalue weighted by Crippen LogP contribution is -2.29. The van der Waals surface area contributed by atoms with Gasteiger partial charge in [-0.25, -0.2) is 4.39 Å². The first-order chi connectivity index (χ1) is 10.0. The standard InChI is InChI=1S/C16H19BrFN3/c1-21(2)14-5-3-4-11(9-14)16(20-19)10-12-8-13(18)6-7-15(12)17/h3-9,16,20H,10,19H2,1-2H3. The number of benzene rings is 2. The van der Waals surface area contributed by atoms with E-state index in [2.05, 4.69) is 27.4 Å². The van der Waals surface area contributed by atoms with Gasteiger partial charge in [-0.1, -0.05) is 28.1 Å². The second-order valence-electron chi connectivity index (χ2n) is 5.15. The van der Waals surface area contributed by atoms with Crippen LogP contribution in [0.2, 0.25) is 0 Å². The van der Waals surface area contributed by atoms with Gasteiger partial charge in [0.1, 0.15) is 5.82 Å². The van der Waals surface area contributed by atoms with Gasteiger partial charge in [-0.15, -0.1) is 0 Å². The first kappa shape index (κ1) is 15.9. The Morgan fingerprint density at radius 1 is 1.24 bits per heavy atom. The summed E-state index contributed by atoms with van der Waals surface area (Å²) in [6, 6.07) is 12.7. The first-order valence-electron chi connectivity index (χ1n) is 6.68. The molecule has 2 aromatic carbocycles. The van der Waals surface area contributed by atoms with Crippen LogP contribution in [-0.4, -0.2) is 14.1 Å². The molecule has 0 aromatic heterocycles. The summed E-state index contributed by atoms with van der Waals surface area (Å²) in [7, 11) is 3.99. The second kappa shape index (κ2) is 7.02. The molecule has 0 radical (unpaired) electrons. The van der Waals surface area contributed by atoms with Crippen LogP contribution in [0.1, 0.15) is 17.2 Å². The van der Waals surface area contributed by atoms with Crippen LogP contribution in [0.4, 0.5) is 10.1 Å². The maximum atomic E-state index is 13.4. The van der Waals surface area contributed by atoms with E-state index in [9.17, 15) is 4.39 Å². The Morgan fingerprint density at radius 3 is 2.67 bits per heavy atom. The summed E-state index contributed by atoms with van der Waals surface area (Å²) in [6.07, 6.45) is 0.603. The molecule has 2 aromatic rings. The molecular weight excluding hydrogens is 333 g/mol. The van der Waals surface area contributed by atoms with E-state index in [4.69, 9.17) is 5.84 Å². The number of halogens is 2. The van der Waals surface area contributed by atoms with Crippen LogP contribution in [0.3, 0.4) is 0 Å². The predicted molar refractivity (Wildman–Crippen MR) is 88.6 cm³/mol. The SMILES string of the molecule is CN(C)c1cccc(C(Cc2cc(F)ccc2Br)NN)c1. The monoisotopic (exact) mass is 351 g/mol. The summed E-state index contributed by atoms with van der Waals surface area (Å²) >= 11 is 3.45. The van der Waals surface area contributed by atoms with E-state index >= 15 is 0 Å². The number of rotatable bonds is 5. The van der Waals surface area contributed by atoms with Gasteiger partial charge in [0.25, 0.3) is 0 Å². The maximum Gasteiger partial charge on any atom is 0.123 e. The Balaban J connectivity index is 2.27. The van der Waals surface area contributed by atoms with Crippen molar-refractivity contribution in [1.29, 1.82) is 0 Å². The van der Waals surface area contributed by atoms with Gasteiger partial charge in [0.05, 0.1) is 6.04 Å². The van der Waals surface area contributed by atoms with Crippen LogP contribution < -0.4 is 16.2 Å². The van der Waals surface area contributed by atoms with Crippen molar-refractivity contribution in [2.75, 3.05) is 19.0 Å². The highest BCUT2D eigenvalue weighted by Crippen LogP contribution is 2.26. The minimum atomic E-state index is -0.244. The maximum absolute atomic E-state index is 13.4. The Kier molecular flexibility index (Phi) is 5.33. The van der Waals surface area contributed by atoms with Gasteiger partial charge >= 0.3 is 0 Å². The zero-order valence-electron chi connectivity index (χ0n) is 12.1. The number of hydrogen-bond donors (Lipinski definition) is 2. The van der Waals surface area contributed by atoms with Gasteiger partial charge in [0.2, 0.25) is 0 Å². The third-order valence-electron chi connectivity index (χ3n) is 3.42. The molecule has 5 heteroatoms. The van der Waals surface area contributed by atoms with Gasteiger partial charge in [-0.2, -0.15) is 0 Å². The van der Waals surface area contributed by atoms with Crippen LogP contribution in [0.15, 0.2) is 46.9 Å². The Bertz CT molecular complexity index is 616. The van der Waals surface area contributed by atoms with E-state index in [1.807, 2.05) is 37.2 Å². The number of hydrogen-bond acceptors (Lipinski definition) is 3. The van der Waals surface area contributed by atoms with Crippen molar-refractivity contribution in [1.82, 2.24) is 5.43 Å². The Hall–Kier alpha value is -1.43. The molecule has 0 fully saturated rings. The number of anilines is 1. The van der Waals surface area contributed by atoms with E-state index in [1.165, 1.54) is 12.1 Å². The summed E-state index contributed by atoms with van der Waals surface area (Å²) in [5.41, 5.74) is 5.87. The molecule has 0 bridgehead atoms. The lowest BCUT2D eigenvalue weighted by atomic mass is 9.99. The number of nitrogens with one attached hydrogen (secondary N) is 1. The fourth-order valence-electron chi connectivity index (χ4n) is 2.21. The minimum Gasteiger partial charge on any atom is -0.378 e. The van der Waals surface area contributed by atoms with Crippen LogP contribution in [0.25, 0.3) is 0 Å². The average molecular weight is 352 g/mol. The molecule has 0 aliphatic rings. The van der Waals surface area contributed by atoms with Crippen molar-refractivity contribution in [2.45, 2.75) is 12.5 Å². The summed E-state index contributed by atoms with van der Waals surface area (Å²) in [4.78, 5) is 2.04. The molecule has 0 saturated carbocycles. The van der Waals surface area contributed by atoms with Crippen molar-refractivity contribution >= 4 is 21.6 Å². The highest BCUT2D eigenvalue weighted by Gasteiger charge is 2.14. The summed E-state index contributed by atoms with van der Waals surface area (Å²) < 4.78 is 14.3. The summed E-state index contributed by atoms with van der Waals surface area (Å²) in [6.45, 7) is 0. The normalized spacial score (nSPS) is 12.2. The van der Waals surface area contributed by atoms with Gasteiger partial charge in [0, 0.05) is 24.3 Å². The quantitative estimate of drug-likeness (QED) is 0.640. The number of nitrogens with zero attached hydrogens (tertiary/aromatic N) is 1. The Labute approximate surface area is 133 Å². The van der Waals surface area contributed by atoms with E-state index in [0.717, 1.165) is 21.3 Å². The van der Waals surface area contributed by atoms with Crippen molar-refractivity contribution in [3.8, 4) is 0 Å². The van der Waals surface area contributed by atoms with Crippen LogP contribution in [-0.2, 0) is 6.42 Å². The van der Waals surface area contributed by atoms with Gasteiger partial charge in [-0.05, 0) is 47.9 Å². The third kappa shape index (κ3) is 4.03. The van der Waals surface area contributed by atoms with Crippen molar-refractivity contribution in [2.24, 2.45) is 5.84 Å². The van der Waals surface area contributed by atoms with E-state index in [0.29, 0.717) is 6.42 Å². The lowest BCUT2D eigenvalue weighted by molar-refractivity contribution is 0.547. The van der Waals surface area contributed by atoms with E-state index in [1.54, 1.807) is 6.07 Å². The molecule has 2 rings (SSSR count). The largest absolute Gasteiger partial charge is 0.378 e. The molecule has 1 atom stereocenters. The van der Waals surface area contributed by atoms with Crippen molar-refractivity contribution in [3.05, 3.63) is 63.9 Å². The number of hydrazine groups is 1. The molecule has 112 valence electrons. The predicted octanol–water partition coefficient (Wildman–Crippen LogP) is 3.40. The topological polar surface area (TPSA) is 41.3 Å². The molecular formula is C16H19BrFN3. The van der Waals surface area contributed by atoms with Crippen molar-refractivity contribution in [3.63, 3.8) is 0 Å². The average Bonchev–Trinajstić information content (AvgIpc) is 2.48. The minimum absolute atomic E-state index is 0.0806. The van der Waals surface area contributed by atoms with Crippen LogP contribution in [0.5, 0.6) is 0 Å². The lowest BCUT2D eigenvalue weighted by Gasteiger charge is -2.20. The molecule has 0 aliphatic heterocycles. The summed E-state index contributed by atoms with van der Waals surface area (Å²) in [5.74, 6) is 5.45. The van der Waals surface area contributed by atoms with E-state index in [-0.39, 0.29) is 11.9 Å². The highest BCUT2D eigenvalue weighted by atomic mass is 79.9. The molecule has 1 unspecified atom stereocenters. The molecule has 0 saturated heterocycles. The smallest absolute Gasteiger partial charge is 0.123 e. The highest BCUT2D eigenvalue weighted by molar-refractivity contribution is 9.10. The van der Waals surface area contributed by atoms with Gasteiger partial charge in [0.15, 0.2) is 0 Å². The Morgan fingerprint density at radius 2 is 2.00 bits per heavy atom. The first-order valence-corrected chi connectivity index (χ1v) is 7.48. The zero-order valence-corrected chi connectivity index (χ0v) is 13.7. The van der Waals surface area contributed by atoms with Crippen LogP contribution >= 0.6 is 15.9 Å². The fourth-order valence-corrected chi connectivity index (χ4v) is 2.62. The van der Waals surface area contributed by atoms with Gasteiger partial charge in [-0.3, -0.25) is 11.3 Å². The molecule has 0 aliphatic carbocycles. The molecule has 21 heavy (non-hydrogen) atoms. The molecule has 0 heterocycles. The van der Waals surface area contributed by atoms with Crippen LogP contribution in [0, 0.1) is 5.82 Å². The summed E-state index contributed by atoms with van der Waals surface area (Å²) in [5, 5.41) is 0. The zero-order chi connectivity index (χ0) is 15.4. The van der Waals surface area contributed by atoms with E-state index < -0.39 is 0 Å². The molecule has 3 N–H and O–H groups in total.